The van der Waals surface area contributed by atoms with Crippen LogP contribution >= 0.6 is 11.6 Å². The predicted molar refractivity (Wildman–Crippen MR) is 64.8 cm³/mol. The molecule has 0 saturated carbocycles. The monoisotopic (exact) mass is 257 g/mol. The summed E-state index contributed by atoms with van der Waals surface area (Å²) in [5.41, 5.74) is 7.14. The molecule has 0 aromatic heterocycles. The summed E-state index contributed by atoms with van der Waals surface area (Å²) in [6.07, 6.45) is 6.02. The summed E-state index contributed by atoms with van der Waals surface area (Å²) in [6.45, 7) is 0. The summed E-state index contributed by atoms with van der Waals surface area (Å²) in [4.78, 5) is 0. The number of halogens is 3. The van der Waals surface area contributed by atoms with Gasteiger partial charge in [-0.05, 0) is 37.8 Å². The molecular formula is C13H14ClF2N. The molecule has 1 atom stereocenters. The second-order valence-corrected chi connectivity index (χ2v) is 4.70. The Morgan fingerprint density at radius 2 is 1.94 bits per heavy atom. The molecule has 1 aromatic carbocycles. The van der Waals surface area contributed by atoms with E-state index in [0.717, 1.165) is 43.4 Å². The molecule has 1 unspecified atom stereocenters. The first-order valence-electron chi connectivity index (χ1n) is 5.68. The SMILES string of the molecule is NC(C1=CCCCC1)c1cc(F)c(Cl)cc1F. The van der Waals surface area contributed by atoms with Crippen molar-refractivity contribution in [2.24, 2.45) is 5.73 Å². The lowest BCUT2D eigenvalue weighted by Gasteiger charge is -2.20. The summed E-state index contributed by atoms with van der Waals surface area (Å²) in [6, 6.07) is 1.51. The maximum absolute atomic E-state index is 13.7. The number of allylic oxidation sites excluding steroid dienone is 1. The van der Waals surface area contributed by atoms with Gasteiger partial charge >= 0.3 is 0 Å². The summed E-state index contributed by atoms with van der Waals surface area (Å²) < 4.78 is 27.0. The molecule has 2 N–H and O–H groups in total. The maximum Gasteiger partial charge on any atom is 0.142 e. The van der Waals surface area contributed by atoms with Gasteiger partial charge in [0, 0.05) is 5.56 Å². The van der Waals surface area contributed by atoms with Crippen LogP contribution in [-0.4, -0.2) is 0 Å². The van der Waals surface area contributed by atoms with Gasteiger partial charge in [0.1, 0.15) is 11.6 Å². The van der Waals surface area contributed by atoms with Crippen molar-refractivity contribution in [1.82, 2.24) is 0 Å². The van der Waals surface area contributed by atoms with Crippen molar-refractivity contribution in [1.29, 1.82) is 0 Å². The Kier molecular flexibility index (Phi) is 3.79. The Labute approximate surface area is 104 Å². The van der Waals surface area contributed by atoms with Crippen molar-refractivity contribution in [2.45, 2.75) is 31.7 Å². The molecule has 4 heteroatoms. The molecule has 17 heavy (non-hydrogen) atoms. The van der Waals surface area contributed by atoms with E-state index in [4.69, 9.17) is 17.3 Å². The molecular weight excluding hydrogens is 244 g/mol. The Balaban J connectivity index is 2.33. The summed E-state index contributed by atoms with van der Waals surface area (Å²) >= 11 is 5.51. The Bertz CT molecular complexity index is 457. The molecule has 0 fully saturated rings. The number of hydrogen-bond donors (Lipinski definition) is 1. The zero-order valence-corrected chi connectivity index (χ0v) is 10.1. The molecule has 0 saturated heterocycles. The average Bonchev–Trinajstić information content (AvgIpc) is 2.34. The zero-order chi connectivity index (χ0) is 12.4. The van der Waals surface area contributed by atoms with E-state index < -0.39 is 17.7 Å². The van der Waals surface area contributed by atoms with E-state index >= 15 is 0 Å². The molecule has 0 radical (unpaired) electrons. The molecule has 0 amide bonds. The minimum absolute atomic E-state index is 0.181. The van der Waals surface area contributed by atoms with E-state index in [0.29, 0.717) is 0 Å². The summed E-state index contributed by atoms with van der Waals surface area (Å²) in [5, 5.41) is -0.212. The van der Waals surface area contributed by atoms with E-state index in [1.165, 1.54) is 0 Å². The highest BCUT2D eigenvalue weighted by Crippen LogP contribution is 2.31. The van der Waals surface area contributed by atoms with Gasteiger partial charge < -0.3 is 5.73 Å². The topological polar surface area (TPSA) is 26.0 Å². The highest BCUT2D eigenvalue weighted by atomic mass is 35.5. The van der Waals surface area contributed by atoms with Crippen LogP contribution in [-0.2, 0) is 0 Å². The Morgan fingerprint density at radius 3 is 2.59 bits per heavy atom. The molecule has 92 valence electrons. The van der Waals surface area contributed by atoms with Crippen molar-refractivity contribution < 1.29 is 8.78 Å². The largest absolute Gasteiger partial charge is 0.320 e. The average molecular weight is 258 g/mol. The third-order valence-corrected chi connectivity index (χ3v) is 3.39. The molecule has 0 spiro atoms. The molecule has 2 rings (SSSR count). The summed E-state index contributed by atoms with van der Waals surface area (Å²) in [7, 11) is 0. The molecule has 1 aromatic rings. The van der Waals surface area contributed by atoms with Crippen LogP contribution in [0.15, 0.2) is 23.8 Å². The third kappa shape index (κ3) is 2.67. The molecule has 0 aliphatic heterocycles. The van der Waals surface area contributed by atoms with Crippen LogP contribution in [0.25, 0.3) is 0 Å². The molecule has 1 aliphatic rings. The molecule has 0 bridgehead atoms. The van der Waals surface area contributed by atoms with Gasteiger partial charge in [0.25, 0.3) is 0 Å². The van der Waals surface area contributed by atoms with Gasteiger partial charge in [-0.2, -0.15) is 0 Å². The van der Waals surface area contributed by atoms with Crippen molar-refractivity contribution in [2.75, 3.05) is 0 Å². The number of hydrogen-bond acceptors (Lipinski definition) is 1. The first-order valence-corrected chi connectivity index (χ1v) is 6.06. The van der Waals surface area contributed by atoms with Gasteiger partial charge in [-0.15, -0.1) is 0 Å². The van der Waals surface area contributed by atoms with Gasteiger partial charge in [-0.3, -0.25) is 0 Å². The fourth-order valence-electron chi connectivity index (χ4n) is 2.12. The smallest absolute Gasteiger partial charge is 0.142 e. The summed E-state index contributed by atoms with van der Waals surface area (Å²) in [5.74, 6) is -1.18. The van der Waals surface area contributed by atoms with Crippen LogP contribution in [0.3, 0.4) is 0 Å². The highest BCUT2D eigenvalue weighted by molar-refractivity contribution is 6.30. The lowest BCUT2D eigenvalue weighted by molar-refractivity contribution is 0.565. The van der Waals surface area contributed by atoms with Crippen LogP contribution in [0, 0.1) is 11.6 Å². The number of rotatable bonds is 2. The van der Waals surface area contributed by atoms with Gasteiger partial charge in [-0.1, -0.05) is 23.3 Å². The van der Waals surface area contributed by atoms with Crippen molar-refractivity contribution >= 4 is 11.6 Å². The number of benzene rings is 1. The number of nitrogens with two attached hydrogens (primary N) is 1. The van der Waals surface area contributed by atoms with E-state index in [-0.39, 0.29) is 10.6 Å². The molecule has 0 heterocycles. The Hall–Kier alpha value is -0.930. The lowest BCUT2D eigenvalue weighted by Crippen LogP contribution is -2.16. The van der Waals surface area contributed by atoms with Crippen molar-refractivity contribution in [3.63, 3.8) is 0 Å². The fourth-order valence-corrected chi connectivity index (χ4v) is 2.27. The van der Waals surface area contributed by atoms with Crippen LogP contribution in [0.1, 0.15) is 37.3 Å². The van der Waals surface area contributed by atoms with E-state index in [1.807, 2.05) is 6.08 Å². The highest BCUT2D eigenvalue weighted by Gasteiger charge is 2.19. The fraction of sp³-hybridized carbons (Fsp3) is 0.385. The van der Waals surface area contributed by atoms with Gasteiger partial charge in [0.2, 0.25) is 0 Å². The van der Waals surface area contributed by atoms with Crippen LogP contribution in [0.5, 0.6) is 0 Å². The van der Waals surface area contributed by atoms with E-state index in [1.54, 1.807) is 0 Å². The lowest BCUT2D eigenvalue weighted by atomic mass is 9.90. The Morgan fingerprint density at radius 1 is 1.18 bits per heavy atom. The minimum atomic E-state index is -0.630. The molecule has 1 aliphatic carbocycles. The predicted octanol–water partition coefficient (Wildman–Crippen LogP) is 4.12. The zero-order valence-electron chi connectivity index (χ0n) is 9.35. The van der Waals surface area contributed by atoms with E-state index in [9.17, 15) is 8.78 Å². The van der Waals surface area contributed by atoms with Gasteiger partial charge in [0.15, 0.2) is 0 Å². The minimum Gasteiger partial charge on any atom is -0.320 e. The van der Waals surface area contributed by atoms with Crippen molar-refractivity contribution in [3.8, 4) is 0 Å². The first-order chi connectivity index (χ1) is 8.09. The second-order valence-electron chi connectivity index (χ2n) is 4.29. The van der Waals surface area contributed by atoms with Gasteiger partial charge in [0.05, 0.1) is 11.1 Å². The van der Waals surface area contributed by atoms with E-state index in [2.05, 4.69) is 0 Å². The normalized spacial score (nSPS) is 17.8. The van der Waals surface area contributed by atoms with Crippen LogP contribution < -0.4 is 5.73 Å². The standard InChI is InChI=1S/C13H14ClF2N/c14-10-7-11(15)9(6-12(10)16)13(17)8-4-2-1-3-5-8/h4,6-7,13H,1-3,5,17H2. The van der Waals surface area contributed by atoms with Crippen molar-refractivity contribution in [3.05, 3.63) is 46.0 Å². The second kappa shape index (κ2) is 5.15. The third-order valence-electron chi connectivity index (χ3n) is 3.10. The van der Waals surface area contributed by atoms with Crippen LogP contribution in [0.4, 0.5) is 8.78 Å². The first kappa shape index (κ1) is 12.5. The molecule has 1 nitrogen and oxygen atoms in total. The van der Waals surface area contributed by atoms with Crippen LogP contribution in [0.2, 0.25) is 5.02 Å². The quantitative estimate of drug-likeness (QED) is 0.626. The maximum atomic E-state index is 13.7. The van der Waals surface area contributed by atoms with Gasteiger partial charge in [-0.25, -0.2) is 8.78 Å².